The molecule has 1 aliphatic heterocycles. The number of carbonyl (C=O) groups excluding carboxylic acids is 1. The fraction of sp³-hybridized carbons (Fsp3) is 0.300. The number of methoxy groups -OCH3 is 2. The molecule has 0 aromatic heterocycles. The first-order chi connectivity index (χ1) is 12.0. The Morgan fingerprint density at radius 1 is 1.12 bits per heavy atom. The first-order valence-electron chi connectivity index (χ1n) is 8.20. The molecule has 1 amide bonds. The second kappa shape index (κ2) is 6.97. The summed E-state index contributed by atoms with van der Waals surface area (Å²) in [6.07, 6.45) is 0.631. The van der Waals surface area contributed by atoms with Gasteiger partial charge < -0.3 is 9.47 Å². The molecule has 0 bridgehead atoms. The summed E-state index contributed by atoms with van der Waals surface area (Å²) in [5, 5.41) is 6.11. The van der Waals surface area contributed by atoms with Crippen molar-refractivity contribution in [3.8, 4) is 11.5 Å². The normalized spacial score (nSPS) is 16.6. The van der Waals surface area contributed by atoms with Gasteiger partial charge in [0.15, 0.2) is 11.5 Å². The van der Waals surface area contributed by atoms with Gasteiger partial charge in [0.05, 0.1) is 26.0 Å². The standard InChI is InChI=1S/C20H22N2O3/c1-13-8-10-15(11-9-13)17-12-18(22(21-17)14(2)23)16-6-5-7-19(24-3)20(16)25-4/h5-11,18H,12H2,1-4H3/t18-/m0/s1. The summed E-state index contributed by atoms with van der Waals surface area (Å²) < 4.78 is 10.9. The minimum Gasteiger partial charge on any atom is -0.493 e. The summed E-state index contributed by atoms with van der Waals surface area (Å²) in [6.45, 7) is 3.58. The molecule has 1 heterocycles. The van der Waals surface area contributed by atoms with Gasteiger partial charge in [0, 0.05) is 18.9 Å². The van der Waals surface area contributed by atoms with Crippen LogP contribution in [-0.4, -0.2) is 30.8 Å². The van der Waals surface area contributed by atoms with E-state index in [1.54, 1.807) is 14.2 Å². The maximum absolute atomic E-state index is 12.2. The van der Waals surface area contributed by atoms with Crippen LogP contribution in [0, 0.1) is 6.92 Å². The van der Waals surface area contributed by atoms with Gasteiger partial charge in [-0.1, -0.05) is 42.0 Å². The summed E-state index contributed by atoms with van der Waals surface area (Å²) in [5.74, 6) is 1.19. The van der Waals surface area contributed by atoms with Crippen LogP contribution in [0.1, 0.15) is 36.1 Å². The molecule has 3 rings (SSSR count). The molecule has 130 valence electrons. The summed E-state index contributed by atoms with van der Waals surface area (Å²) in [7, 11) is 3.21. The van der Waals surface area contributed by atoms with Gasteiger partial charge in [0.1, 0.15) is 0 Å². The van der Waals surface area contributed by atoms with Gasteiger partial charge in [0.25, 0.3) is 0 Å². The highest BCUT2D eigenvalue weighted by Gasteiger charge is 2.34. The lowest BCUT2D eigenvalue weighted by molar-refractivity contribution is -0.130. The third-order valence-electron chi connectivity index (χ3n) is 4.41. The molecule has 1 atom stereocenters. The van der Waals surface area contributed by atoms with Crippen molar-refractivity contribution in [2.45, 2.75) is 26.3 Å². The van der Waals surface area contributed by atoms with Gasteiger partial charge in [-0.2, -0.15) is 5.10 Å². The number of carbonyl (C=O) groups is 1. The number of hydrazone groups is 1. The topological polar surface area (TPSA) is 51.1 Å². The Balaban J connectivity index is 2.01. The zero-order valence-corrected chi connectivity index (χ0v) is 14.9. The Hall–Kier alpha value is -2.82. The summed E-state index contributed by atoms with van der Waals surface area (Å²) in [4.78, 5) is 12.2. The van der Waals surface area contributed by atoms with Gasteiger partial charge in [-0.25, -0.2) is 5.01 Å². The highest BCUT2D eigenvalue weighted by atomic mass is 16.5. The largest absolute Gasteiger partial charge is 0.493 e. The fourth-order valence-electron chi connectivity index (χ4n) is 3.14. The summed E-state index contributed by atoms with van der Waals surface area (Å²) in [5.41, 5.74) is 4.01. The SMILES string of the molecule is COc1cccc([C@@H]2CC(c3ccc(C)cc3)=NN2C(C)=O)c1OC. The van der Waals surface area contributed by atoms with Crippen LogP contribution in [0.3, 0.4) is 0 Å². The van der Waals surface area contributed by atoms with E-state index in [-0.39, 0.29) is 11.9 Å². The molecule has 5 nitrogen and oxygen atoms in total. The van der Waals surface area contributed by atoms with Crippen LogP contribution in [0.5, 0.6) is 11.5 Å². The van der Waals surface area contributed by atoms with E-state index in [9.17, 15) is 4.79 Å². The van der Waals surface area contributed by atoms with E-state index in [4.69, 9.17) is 9.47 Å². The fourth-order valence-corrected chi connectivity index (χ4v) is 3.14. The molecular weight excluding hydrogens is 316 g/mol. The maximum Gasteiger partial charge on any atom is 0.240 e. The average Bonchev–Trinajstić information content (AvgIpc) is 3.07. The predicted octanol–water partition coefficient (Wildman–Crippen LogP) is 3.71. The van der Waals surface area contributed by atoms with Crippen LogP contribution < -0.4 is 9.47 Å². The maximum atomic E-state index is 12.2. The van der Waals surface area contributed by atoms with Crippen LogP contribution in [-0.2, 0) is 4.79 Å². The highest BCUT2D eigenvalue weighted by molar-refractivity contribution is 6.03. The van der Waals surface area contributed by atoms with Crippen molar-refractivity contribution in [1.82, 2.24) is 5.01 Å². The molecule has 0 saturated heterocycles. The van der Waals surface area contributed by atoms with E-state index < -0.39 is 0 Å². The number of aryl methyl sites for hydroxylation is 1. The van der Waals surface area contributed by atoms with Crippen LogP contribution in [0.4, 0.5) is 0 Å². The molecule has 0 N–H and O–H groups in total. The van der Waals surface area contributed by atoms with Crippen molar-refractivity contribution in [2.75, 3.05) is 14.2 Å². The molecule has 0 radical (unpaired) electrons. The molecule has 0 aliphatic carbocycles. The number of amides is 1. The molecule has 2 aromatic rings. The average molecular weight is 338 g/mol. The Kier molecular flexibility index (Phi) is 4.74. The number of hydrogen-bond donors (Lipinski definition) is 0. The zero-order chi connectivity index (χ0) is 18.0. The van der Waals surface area contributed by atoms with E-state index in [0.717, 1.165) is 16.8 Å². The number of rotatable bonds is 4. The van der Waals surface area contributed by atoms with E-state index in [1.165, 1.54) is 17.5 Å². The molecule has 0 spiro atoms. The van der Waals surface area contributed by atoms with Gasteiger partial charge in [-0.3, -0.25) is 4.79 Å². The molecule has 0 unspecified atom stereocenters. The highest BCUT2D eigenvalue weighted by Crippen LogP contribution is 2.41. The smallest absolute Gasteiger partial charge is 0.240 e. The van der Waals surface area contributed by atoms with Crippen molar-refractivity contribution in [1.29, 1.82) is 0 Å². The van der Waals surface area contributed by atoms with Gasteiger partial charge in [-0.05, 0) is 18.6 Å². The molecule has 5 heteroatoms. The number of hydrogen-bond acceptors (Lipinski definition) is 4. The van der Waals surface area contributed by atoms with Crippen LogP contribution >= 0.6 is 0 Å². The Labute approximate surface area is 147 Å². The lowest BCUT2D eigenvalue weighted by Crippen LogP contribution is -2.24. The van der Waals surface area contributed by atoms with E-state index in [1.807, 2.05) is 37.3 Å². The Bertz CT molecular complexity index is 812. The van der Waals surface area contributed by atoms with Crippen molar-refractivity contribution in [3.05, 3.63) is 59.2 Å². The number of ether oxygens (including phenoxy) is 2. The monoisotopic (exact) mass is 338 g/mol. The number of para-hydroxylation sites is 1. The first-order valence-corrected chi connectivity index (χ1v) is 8.20. The molecule has 25 heavy (non-hydrogen) atoms. The van der Waals surface area contributed by atoms with E-state index in [0.29, 0.717) is 17.9 Å². The molecule has 1 aliphatic rings. The minimum atomic E-state index is -0.209. The van der Waals surface area contributed by atoms with Crippen LogP contribution in [0.2, 0.25) is 0 Å². The van der Waals surface area contributed by atoms with Crippen LogP contribution in [0.25, 0.3) is 0 Å². The van der Waals surface area contributed by atoms with Gasteiger partial charge in [-0.15, -0.1) is 0 Å². The lowest BCUT2D eigenvalue weighted by Gasteiger charge is -2.23. The van der Waals surface area contributed by atoms with Crippen molar-refractivity contribution >= 4 is 11.6 Å². The minimum absolute atomic E-state index is 0.100. The van der Waals surface area contributed by atoms with Gasteiger partial charge in [0.2, 0.25) is 5.91 Å². The van der Waals surface area contributed by atoms with Crippen molar-refractivity contribution < 1.29 is 14.3 Å². The third-order valence-corrected chi connectivity index (χ3v) is 4.41. The molecular formula is C20H22N2O3. The number of benzene rings is 2. The zero-order valence-electron chi connectivity index (χ0n) is 14.9. The van der Waals surface area contributed by atoms with E-state index in [2.05, 4.69) is 17.2 Å². The van der Waals surface area contributed by atoms with Gasteiger partial charge >= 0.3 is 0 Å². The second-order valence-electron chi connectivity index (χ2n) is 6.08. The molecule has 0 fully saturated rings. The second-order valence-corrected chi connectivity index (χ2v) is 6.08. The van der Waals surface area contributed by atoms with Crippen LogP contribution in [0.15, 0.2) is 47.6 Å². The van der Waals surface area contributed by atoms with E-state index >= 15 is 0 Å². The Morgan fingerprint density at radius 2 is 1.84 bits per heavy atom. The van der Waals surface area contributed by atoms with Crippen molar-refractivity contribution in [3.63, 3.8) is 0 Å². The third kappa shape index (κ3) is 3.22. The predicted molar refractivity (Wildman–Crippen MR) is 97.1 cm³/mol. The summed E-state index contributed by atoms with van der Waals surface area (Å²) >= 11 is 0. The first kappa shape index (κ1) is 17.0. The summed E-state index contributed by atoms with van der Waals surface area (Å²) in [6, 6.07) is 13.7. The molecule has 2 aromatic carbocycles. The molecule has 0 saturated carbocycles. The Morgan fingerprint density at radius 3 is 2.44 bits per heavy atom. The quantitative estimate of drug-likeness (QED) is 0.854. The van der Waals surface area contributed by atoms with Crippen molar-refractivity contribution in [2.24, 2.45) is 5.10 Å². The number of nitrogens with zero attached hydrogens (tertiary/aromatic N) is 2. The lowest BCUT2D eigenvalue weighted by atomic mass is 9.97.